The Morgan fingerprint density at radius 2 is 1.83 bits per heavy atom. The molecule has 0 amide bonds. The van der Waals surface area contributed by atoms with Crippen LogP contribution < -0.4 is 5.73 Å². The van der Waals surface area contributed by atoms with Gasteiger partial charge in [-0.3, -0.25) is 4.90 Å². The number of likely N-dealkylation sites (N-methyl/N-ethyl adjacent to an activating group) is 1. The fourth-order valence-corrected chi connectivity index (χ4v) is 4.03. The Kier molecular flexibility index (Phi) is 5.46. The Labute approximate surface area is 113 Å². The standard InChI is InChI=1S/C15H31N3/c1-17(2)12-14-9-6-10-18(14)15(11-16)13-7-4-3-5-8-13/h13-15H,3-12,16H2,1-2H3. The van der Waals surface area contributed by atoms with E-state index in [2.05, 4.69) is 23.9 Å². The highest BCUT2D eigenvalue weighted by molar-refractivity contribution is 4.90. The van der Waals surface area contributed by atoms with Crippen molar-refractivity contribution in [3.63, 3.8) is 0 Å². The van der Waals surface area contributed by atoms with Crippen LogP contribution in [0.15, 0.2) is 0 Å². The molecule has 0 bridgehead atoms. The molecule has 1 saturated carbocycles. The summed E-state index contributed by atoms with van der Waals surface area (Å²) < 4.78 is 0. The molecular weight excluding hydrogens is 222 g/mol. The minimum atomic E-state index is 0.651. The van der Waals surface area contributed by atoms with Crippen molar-refractivity contribution < 1.29 is 0 Å². The lowest BCUT2D eigenvalue weighted by Crippen LogP contribution is -2.50. The topological polar surface area (TPSA) is 32.5 Å². The second-order valence-corrected chi connectivity index (χ2v) is 6.50. The van der Waals surface area contributed by atoms with Crippen molar-refractivity contribution in [2.75, 3.05) is 33.7 Å². The van der Waals surface area contributed by atoms with Gasteiger partial charge in [-0.2, -0.15) is 0 Å². The SMILES string of the molecule is CN(C)CC1CCCN1C(CN)C1CCCCC1. The van der Waals surface area contributed by atoms with Gasteiger partial charge in [0.2, 0.25) is 0 Å². The number of hydrogen-bond donors (Lipinski definition) is 1. The molecule has 2 rings (SSSR count). The van der Waals surface area contributed by atoms with Gasteiger partial charge < -0.3 is 10.6 Å². The summed E-state index contributed by atoms with van der Waals surface area (Å²) in [6.45, 7) is 3.33. The zero-order valence-electron chi connectivity index (χ0n) is 12.3. The molecule has 0 aromatic rings. The molecule has 1 saturated heterocycles. The predicted octanol–water partition coefficient (Wildman–Crippen LogP) is 1.92. The average Bonchev–Trinajstić information content (AvgIpc) is 2.79. The molecule has 2 N–H and O–H groups in total. The number of likely N-dealkylation sites (tertiary alicyclic amines) is 1. The highest BCUT2D eigenvalue weighted by Gasteiger charge is 2.34. The molecule has 106 valence electrons. The van der Waals surface area contributed by atoms with Crippen molar-refractivity contribution in [3.8, 4) is 0 Å². The van der Waals surface area contributed by atoms with Gasteiger partial charge in [-0.1, -0.05) is 19.3 Å². The van der Waals surface area contributed by atoms with Crippen molar-refractivity contribution in [2.24, 2.45) is 11.7 Å². The number of rotatable bonds is 5. The Bertz CT molecular complexity index is 236. The quantitative estimate of drug-likeness (QED) is 0.812. The number of nitrogens with zero attached hydrogens (tertiary/aromatic N) is 2. The second kappa shape index (κ2) is 6.88. The molecule has 3 nitrogen and oxygen atoms in total. The monoisotopic (exact) mass is 253 g/mol. The lowest BCUT2D eigenvalue weighted by atomic mass is 9.83. The van der Waals surface area contributed by atoms with E-state index in [1.54, 1.807) is 0 Å². The van der Waals surface area contributed by atoms with Gasteiger partial charge in [0.25, 0.3) is 0 Å². The zero-order valence-corrected chi connectivity index (χ0v) is 12.3. The lowest BCUT2D eigenvalue weighted by molar-refractivity contribution is 0.0965. The third-order valence-corrected chi connectivity index (χ3v) is 4.86. The first-order chi connectivity index (χ1) is 8.72. The van der Waals surface area contributed by atoms with Crippen molar-refractivity contribution in [1.82, 2.24) is 9.80 Å². The Hall–Kier alpha value is -0.120. The van der Waals surface area contributed by atoms with E-state index in [1.807, 2.05) is 0 Å². The number of nitrogens with two attached hydrogens (primary N) is 1. The fraction of sp³-hybridized carbons (Fsp3) is 1.00. The highest BCUT2D eigenvalue weighted by atomic mass is 15.2. The Morgan fingerprint density at radius 1 is 1.11 bits per heavy atom. The van der Waals surface area contributed by atoms with Gasteiger partial charge in [-0.25, -0.2) is 0 Å². The fourth-order valence-electron chi connectivity index (χ4n) is 4.03. The van der Waals surface area contributed by atoms with Gasteiger partial charge in [0.05, 0.1) is 0 Å². The van der Waals surface area contributed by atoms with Crippen molar-refractivity contribution in [2.45, 2.75) is 57.0 Å². The van der Waals surface area contributed by atoms with Crippen LogP contribution in [0.1, 0.15) is 44.9 Å². The van der Waals surface area contributed by atoms with Crippen molar-refractivity contribution in [3.05, 3.63) is 0 Å². The first-order valence-electron chi connectivity index (χ1n) is 7.83. The molecule has 18 heavy (non-hydrogen) atoms. The molecule has 1 aliphatic carbocycles. The zero-order chi connectivity index (χ0) is 13.0. The van der Waals surface area contributed by atoms with Gasteiger partial charge >= 0.3 is 0 Å². The summed E-state index contributed by atoms with van der Waals surface area (Å²) in [6.07, 6.45) is 9.83. The maximum atomic E-state index is 6.12. The lowest BCUT2D eigenvalue weighted by Gasteiger charge is -2.40. The molecule has 2 atom stereocenters. The Morgan fingerprint density at radius 3 is 2.44 bits per heavy atom. The van der Waals surface area contributed by atoms with Gasteiger partial charge in [0, 0.05) is 25.2 Å². The summed E-state index contributed by atoms with van der Waals surface area (Å²) in [5.74, 6) is 0.867. The highest BCUT2D eigenvalue weighted by Crippen LogP contribution is 2.32. The van der Waals surface area contributed by atoms with Crippen molar-refractivity contribution >= 4 is 0 Å². The van der Waals surface area contributed by atoms with Gasteiger partial charge in [0.1, 0.15) is 0 Å². The van der Waals surface area contributed by atoms with Gasteiger partial charge in [-0.15, -0.1) is 0 Å². The average molecular weight is 253 g/mol. The van der Waals surface area contributed by atoms with E-state index >= 15 is 0 Å². The minimum Gasteiger partial charge on any atom is -0.329 e. The maximum absolute atomic E-state index is 6.12. The predicted molar refractivity (Wildman–Crippen MR) is 77.7 cm³/mol. The largest absolute Gasteiger partial charge is 0.329 e. The second-order valence-electron chi connectivity index (χ2n) is 6.50. The van der Waals surface area contributed by atoms with Crippen LogP contribution >= 0.6 is 0 Å². The number of hydrogen-bond acceptors (Lipinski definition) is 3. The maximum Gasteiger partial charge on any atom is 0.0250 e. The minimum absolute atomic E-state index is 0.651. The van der Waals surface area contributed by atoms with E-state index < -0.39 is 0 Å². The van der Waals surface area contributed by atoms with E-state index in [-0.39, 0.29) is 0 Å². The van der Waals surface area contributed by atoms with Crippen LogP contribution in [-0.2, 0) is 0 Å². The molecular formula is C15H31N3. The molecule has 0 spiro atoms. The summed E-state index contributed by atoms with van der Waals surface area (Å²) in [6, 6.07) is 1.40. The summed E-state index contributed by atoms with van der Waals surface area (Å²) in [7, 11) is 4.38. The van der Waals surface area contributed by atoms with E-state index in [0.717, 1.165) is 18.5 Å². The van der Waals surface area contributed by atoms with Crippen LogP contribution in [0.25, 0.3) is 0 Å². The third kappa shape index (κ3) is 3.46. The normalized spacial score (nSPS) is 29.0. The van der Waals surface area contributed by atoms with E-state index in [9.17, 15) is 0 Å². The molecule has 2 fully saturated rings. The van der Waals surface area contributed by atoms with Crippen LogP contribution in [0.5, 0.6) is 0 Å². The molecule has 0 aromatic heterocycles. The van der Waals surface area contributed by atoms with Crippen LogP contribution in [0.4, 0.5) is 0 Å². The first-order valence-corrected chi connectivity index (χ1v) is 7.83. The van der Waals surface area contributed by atoms with Crippen LogP contribution in [0.3, 0.4) is 0 Å². The summed E-state index contributed by atoms with van der Waals surface area (Å²) >= 11 is 0. The van der Waals surface area contributed by atoms with E-state index in [0.29, 0.717) is 6.04 Å². The molecule has 1 aliphatic heterocycles. The molecule has 2 aliphatic rings. The molecule has 0 aromatic carbocycles. The smallest absolute Gasteiger partial charge is 0.0250 e. The summed E-state index contributed by atoms with van der Waals surface area (Å²) in [5.41, 5.74) is 6.12. The van der Waals surface area contributed by atoms with Gasteiger partial charge in [-0.05, 0) is 52.2 Å². The Balaban J connectivity index is 1.96. The third-order valence-electron chi connectivity index (χ3n) is 4.86. The van der Waals surface area contributed by atoms with E-state index in [4.69, 9.17) is 5.73 Å². The molecule has 2 unspecified atom stereocenters. The van der Waals surface area contributed by atoms with E-state index in [1.165, 1.54) is 58.0 Å². The van der Waals surface area contributed by atoms with Gasteiger partial charge in [0.15, 0.2) is 0 Å². The summed E-state index contributed by atoms with van der Waals surface area (Å²) in [4.78, 5) is 5.08. The first kappa shape index (κ1) is 14.3. The van der Waals surface area contributed by atoms with Crippen LogP contribution in [-0.4, -0.2) is 55.6 Å². The molecule has 1 heterocycles. The molecule has 3 heteroatoms. The summed E-state index contributed by atoms with van der Waals surface area (Å²) in [5, 5.41) is 0. The van der Waals surface area contributed by atoms with Crippen LogP contribution in [0.2, 0.25) is 0 Å². The molecule has 0 radical (unpaired) electrons. The van der Waals surface area contributed by atoms with Crippen molar-refractivity contribution in [1.29, 1.82) is 0 Å². The van der Waals surface area contributed by atoms with Crippen LogP contribution in [0, 0.1) is 5.92 Å².